The summed E-state index contributed by atoms with van der Waals surface area (Å²) in [4.78, 5) is 32.7. The molecule has 1 unspecified atom stereocenters. The molecule has 1 aliphatic heterocycles. The number of halogens is 3. The number of rotatable bonds is 4. The number of aromatic nitrogens is 4. The lowest BCUT2D eigenvalue weighted by atomic mass is 10.1. The molecule has 1 atom stereocenters. The summed E-state index contributed by atoms with van der Waals surface area (Å²) < 4.78 is 37.2. The summed E-state index contributed by atoms with van der Waals surface area (Å²) in [6, 6.07) is 0. The Morgan fingerprint density at radius 1 is 1.50 bits per heavy atom. The van der Waals surface area contributed by atoms with E-state index in [4.69, 9.17) is 0 Å². The Bertz CT molecular complexity index is 744. The van der Waals surface area contributed by atoms with Gasteiger partial charge in [-0.15, -0.1) is 16.4 Å². The molecule has 0 aliphatic carbocycles. The van der Waals surface area contributed by atoms with Gasteiger partial charge in [0.2, 0.25) is 11.8 Å². The second-order valence-electron chi connectivity index (χ2n) is 5.04. The molecule has 1 fully saturated rings. The fraction of sp³-hybridized carbons (Fsp3) is 0.417. The summed E-state index contributed by atoms with van der Waals surface area (Å²) >= 11 is 1.29. The quantitative estimate of drug-likeness (QED) is 0.845. The number of anilines is 1. The van der Waals surface area contributed by atoms with Gasteiger partial charge in [0.25, 0.3) is 5.82 Å². The van der Waals surface area contributed by atoms with Crippen molar-refractivity contribution in [2.75, 3.05) is 11.4 Å². The van der Waals surface area contributed by atoms with E-state index in [9.17, 15) is 22.8 Å². The minimum absolute atomic E-state index is 0.0234. The van der Waals surface area contributed by atoms with Crippen molar-refractivity contribution in [2.45, 2.75) is 19.1 Å². The van der Waals surface area contributed by atoms with Gasteiger partial charge in [-0.3, -0.25) is 19.6 Å². The Hall–Kier alpha value is -2.50. The van der Waals surface area contributed by atoms with Crippen LogP contribution in [-0.4, -0.2) is 38.5 Å². The molecule has 0 saturated carbocycles. The van der Waals surface area contributed by atoms with E-state index in [0.29, 0.717) is 5.13 Å². The van der Waals surface area contributed by atoms with Crippen molar-refractivity contribution < 1.29 is 22.8 Å². The van der Waals surface area contributed by atoms with Crippen LogP contribution in [0.2, 0.25) is 0 Å². The van der Waals surface area contributed by atoms with Crippen LogP contribution < -0.4 is 10.2 Å². The average molecular weight is 360 g/mol. The second kappa shape index (κ2) is 6.19. The van der Waals surface area contributed by atoms with Crippen LogP contribution in [0.15, 0.2) is 11.6 Å². The molecule has 2 N–H and O–H groups in total. The molecule has 0 bridgehead atoms. The maximum absolute atomic E-state index is 12.4. The van der Waals surface area contributed by atoms with Crippen molar-refractivity contribution in [1.82, 2.24) is 25.5 Å². The lowest BCUT2D eigenvalue weighted by Crippen LogP contribution is -2.32. The summed E-state index contributed by atoms with van der Waals surface area (Å²) in [5.41, 5.74) is 0. The van der Waals surface area contributed by atoms with E-state index in [2.05, 4.69) is 25.5 Å². The van der Waals surface area contributed by atoms with Gasteiger partial charge >= 0.3 is 6.18 Å². The molecule has 8 nitrogen and oxygen atoms in total. The molecule has 0 spiro atoms. The topological polar surface area (TPSA) is 104 Å². The summed E-state index contributed by atoms with van der Waals surface area (Å²) in [7, 11) is 0. The molecule has 0 radical (unpaired) electrons. The van der Waals surface area contributed by atoms with Crippen LogP contribution in [0, 0.1) is 5.92 Å². The molecule has 1 aliphatic rings. The third-order valence-corrected chi connectivity index (χ3v) is 4.16. The van der Waals surface area contributed by atoms with Crippen molar-refractivity contribution in [3.8, 4) is 0 Å². The minimum Gasteiger partial charge on any atom is -0.349 e. The largest absolute Gasteiger partial charge is 0.453 e. The maximum Gasteiger partial charge on any atom is 0.453 e. The molecule has 0 aromatic carbocycles. The van der Waals surface area contributed by atoms with Crippen molar-refractivity contribution in [2.24, 2.45) is 5.92 Å². The van der Waals surface area contributed by atoms with Gasteiger partial charge in [-0.05, 0) is 0 Å². The average Bonchev–Trinajstić information content (AvgIpc) is 3.23. The number of alkyl halides is 3. The van der Waals surface area contributed by atoms with Crippen molar-refractivity contribution >= 4 is 28.3 Å². The molecule has 2 amide bonds. The smallest absolute Gasteiger partial charge is 0.349 e. The first-order chi connectivity index (χ1) is 11.3. The minimum atomic E-state index is -4.65. The van der Waals surface area contributed by atoms with E-state index >= 15 is 0 Å². The SMILES string of the molecule is O=C(NCc1nc(C(F)(F)F)n[nH]1)C1CC(=O)N(c2nccs2)C1. The van der Waals surface area contributed by atoms with Crippen LogP contribution in [-0.2, 0) is 22.3 Å². The van der Waals surface area contributed by atoms with E-state index in [1.54, 1.807) is 11.6 Å². The molecule has 12 heteroatoms. The first-order valence-corrected chi connectivity index (χ1v) is 7.68. The fourth-order valence-electron chi connectivity index (χ4n) is 2.23. The predicted octanol–water partition coefficient (Wildman–Crippen LogP) is 0.949. The highest BCUT2D eigenvalue weighted by atomic mass is 32.1. The summed E-state index contributed by atoms with van der Waals surface area (Å²) in [5.74, 6) is -2.66. The van der Waals surface area contributed by atoms with Crippen LogP contribution in [0.1, 0.15) is 18.1 Å². The molecule has 3 heterocycles. The van der Waals surface area contributed by atoms with Gasteiger partial charge in [0, 0.05) is 24.5 Å². The summed E-state index contributed by atoms with van der Waals surface area (Å²) in [5, 5.41) is 9.85. The van der Waals surface area contributed by atoms with E-state index in [1.165, 1.54) is 16.2 Å². The third-order valence-electron chi connectivity index (χ3n) is 3.36. The van der Waals surface area contributed by atoms with E-state index in [0.717, 1.165) is 0 Å². The Morgan fingerprint density at radius 2 is 2.29 bits per heavy atom. The highest BCUT2D eigenvalue weighted by molar-refractivity contribution is 7.13. The highest BCUT2D eigenvalue weighted by Gasteiger charge is 2.37. The van der Waals surface area contributed by atoms with E-state index < -0.39 is 23.8 Å². The first kappa shape index (κ1) is 16.4. The normalized spacial score (nSPS) is 18.2. The predicted molar refractivity (Wildman–Crippen MR) is 75.8 cm³/mol. The Kier molecular flexibility index (Phi) is 4.22. The van der Waals surface area contributed by atoms with Gasteiger partial charge in [-0.25, -0.2) is 9.97 Å². The number of nitrogens with zero attached hydrogens (tertiary/aromatic N) is 4. The third kappa shape index (κ3) is 3.37. The number of H-pyrrole nitrogens is 1. The van der Waals surface area contributed by atoms with Crippen LogP contribution in [0.4, 0.5) is 18.3 Å². The number of carbonyl (C=O) groups is 2. The maximum atomic E-state index is 12.4. The van der Waals surface area contributed by atoms with Crippen LogP contribution in [0.3, 0.4) is 0 Å². The van der Waals surface area contributed by atoms with Crippen LogP contribution in [0.5, 0.6) is 0 Å². The number of aromatic amines is 1. The van der Waals surface area contributed by atoms with E-state index in [-0.39, 0.29) is 31.2 Å². The van der Waals surface area contributed by atoms with Crippen molar-refractivity contribution in [1.29, 1.82) is 0 Å². The van der Waals surface area contributed by atoms with Gasteiger partial charge < -0.3 is 5.32 Å². The number of thiazole rings is 1. The molecule has 3 rings (SSSR count). The van der Waals surface area contributed by atoms with Gasteiger partial charge in [0.15, 0.2) is 5.13 Å². The summed E-state index contributed by atoms with van der Waals surface area (Å²) in [6.07, 6.45) is -3.07. The van der Waals surface area contributed by atoms with Gasteiger partial charge in [0.1, 0.15) is 5.82 Å². The fourth-order valence-corrected chi connectivity index (χ4v) is 2.90. The number of nitrogens with one attached hydrogen (secondary N) is 2. The molecular formula is C12H11F3N6O2S. The second-order valence-corrected chi connectivity index (χ2v) is 5.91. The first-order valence-electron chi connectivity index (χ1n) is 6.80. The molecule has 1 saturated heterocycles. The van der Waals surface area contributed by atoms with Crippen molar-refractivity contribution in [3.05, 3.63) is 23.2 Å². The standard InChI is InChI=1S/C12H11F3N6O2S/c13-12(14,15)10-18-7(19-20-10)4-17-9(23)6-3-8(22)21(5-6)11-16-1-2-24-11/h1-2,6H,3-5H2,(H,17,23)(H,18,19,20). The molecule has 2 aromatic rings. The monoisotopic (exact) mass is 360 g/mol. The van der Waals surface area contributed by atoms with Gasteiger partial charge in [-0.1, -0.05) is 0 Å². The number of hydrogen-bond acceptors (Lipinski definition) is 6. The van der Waals surface area contributed by atoms with Gasteiger partial charge in [0.05, 0.1) is 12.5 Å². The highest BCUT2D eigenvalue weighted by Crippen LogP contribution is 2.27. The lowest BCUT2D eigenvalue weighted by Gasteiger charge is -2.12. The Labute approximate surface area is 137 Å². The number of amides is 2. The van der Waals surface area contributed by atoms with Crippen LogP contribution in [0.25, 0.3) is 0 Å². The summed E-state index contributed by atoms with van der Waals surface area (Å²) in [6.45, 7) is -0.0494. The van der Waals surface area contributed by atoms with Gasteiger partial charge in [-0.2, -0.15) is 13.2 Å². The number of hydrogen-bond donors (Lipinski definition) is 2. The molecular weight excluding hydrogens is 349 g/mol. The molecule has 24 heavy (non-hydrogen) atoms. The van der Waals surface area contributed by atoms with E-state index in [1.807, 2.05) is 0 Å². The van der Waals surface area contributed by atoms with Crippen molar-refractivity contribution in [3.63, 3.8) is 0 Å². The zero-order valence-corrected chi connectivity index (χ0v) is 12.8. The Balaban J connectivity index is 1.56. The zero-order chi connectivity index (χ0) is 17.3. The van der Waals surface area contributed by atoms with Crippen LogP contribution >= 0.6 is 11.3 Å². The number of carbonyl (C=O) groups excluding carboxylic acids is 2. The zero-order valence-electron chi connectivity index (χ0n) is 12.0. The lowest BCUT2D eigenvalue weighted by molar-refractivity contribution is -0.144. The molecule has 128 valence electrons. The Morgan fingerprint density at radius 3 is 2.92 bits per heavy atom. The molecule has 2 aromatic heterocycles.